The van der Waals surface area contributed by atoms with Crippen molar-refractivity contribution in [2.24, 2.45) is 0 Å². The number of carbonyl (C=O) groups excluding carboxylic acids is 1. The molecule has 1 saturated heterocycles. The number of aromatic nitrogens is 2. The van der Waals surface area contributed by atoms with E-state index >= 15 is 0 Å². The Morgan fingerprint density at radius 1 is 1.39 bits per heavy atom. The van der Waals surface area contributed by atoms with Gasteiger partial charge in [-0.3, -0.25) is 4.79 Å². The van der Waals surface area contributed by atoms with Crippen molar-refractivity contribution in [3.8, 4) is 0 Å². The van der Waals surface area contributed by atoms with Crippen LogP contribution in [0.15, 0.2) is 24.3 Å². The van der Waals surface area contributed by atoms with Crippen molar-refractivity contribution >= 4 is 39.1 Å². The van der Waals surface area contributed by atoms with Gasteiger partial charge in [0.05, 0.1) is 16.3 Å². The molecule has 1 amide bonds. The molecule has 5 nitrogen and oxygen atoms in total. The quantitative estimate of drug-likeness (QED) is 0.598. The fraction of sp³-hybridized carbons (Fsp3) is 0.429. The number of aryl methyl sites for hydroxylation is 1. The minimum atomic E-state index is -0.0186. The zero-order valence-electron chi connectivity index (χ0n) is 16.4. The van der Waals surface area contributed by atoms with Crippen LogP contribution in [0.5, 0.6) is 0 Å². The van der Waals surface area contributed by atoms with Crippen LogP contribution in [0.2, 0.25) is 4.47 Å². The van der Waals surface area contributed by atoms with Crippen LogP contribution >= 0.6 is 22.9 Å². The summed E-state index contributed by atoms with van der Waals surface area (Å²) in [6.45, 7) is 6.56. The average Bonchev–Trinajstić information content (AvgIpc) is 3.36. The Bertz CT molecular complexity index is 1020. The zero-order valence-corrected chi connectivity index (χ0v) is 17.9. The molecule has 0 radical (unpaired) electrons. The SMILES string of the molecule is Cc1cc(CN(C)C(=O)c2ccc3sc(Cl)nc3c2)c(C)n1C[C@H]1CCCO1. The van der Waals surface area contributed by atoms with E-state index in [1.807, 2.05) is 25.2 Å². The first kappa shape index (κ1) is 19.4. The standard InChI is InChI=1S/C21H24ClN3O2S/c1-13-9-16(14(2)25(13)12-17-5-4-8-27-17)11-24(3)20(26)15-6-7-19-18(10-15)23-21(22)28-19/h6-7,9-10,17H,4-5,8,11-12H2,1-3H3/t17-/m1/s1. The number of ether oxygens (including phenoxy) is 1. The monoisotopic (exact) mass is 417 g/mol. The molecule has 1 fully saturated rings. The molecular formula is C21H24ClN3O2S. The summed E-state index contributed by atoms with van der Waals surface area (Å²) in [4.78, 5) is 19.0. The van der Waals surface area contributed by atoms with Gasteiger partial charge in [0.2, 0.25) is 0 Å². The molecule has 0 bridgehead atoms. The molecule has 4 rings (SSSR count). The Morgan fingerprint density at radius 3 is 2.96 bits per heavy atom. The zero-order chi connectivity index (χ0) is 19.8. The van der Waals surface area contributed by atoms with E-state index in [-0.39, 0.29) is 5.91 Å². The van der Waals surface area contributed by atoms with Gasteiger partial charge in [0, 0.05) is 43.7 Å². The summed E-state index contributed by atoms with van der Waals surface area (Å²) < 4.78 is 9.58. The number of fused-ring (bicyclic) bond motifs is 1. The summed E-state index contributed by atoms with van der Waals surface area (Å²) in [5.41, 5.74) is 4.98. The molecule has 28 heavy (non-hydrogen) atoms. The van der Waals surface area contributed by atoms with E-state index in [1.165, 1.54) is 28.3 Å². The van der Waals surface area contributed by atoms with Crippen LogP contribution in [-0.4, -0.2) is 40.1 Å². The van der Waals surface area contributed by atoms with Crippen molar-refractivity contribution in [1.29, 1.82) is 0 Å². The minimum absolute atomic E-state index is 0.0186. The predicted octanol–water partition coefficient (Wildman–Crippen LogP) is 4.82. The summed E-state index contributed by atoms with van der Waals surface area (Å²) >= 11 is 7.40. The van der Waals surface area contributed by atoms with Crippen molar-refractivity contribution in [2.75, 3.05) is 13.7 Å². The summed E-state index contributed by atoms with van der Waals surface area (Å²) in [7, 11) is 1.84. The van der Waals surface area contributed by atoms with Crippen LogP contribution in [0.25, 0.3) is 10.2 Å². The first-order valence-corrected chi connectivity index (χ1v) is 10.7. The van der Waals surface area contributed by atoms with Crippen molar-refractivity contribution in [3.63, 3.8) is 0 Å². The normalized spacial score (nSPS) is 16.8. The van der Waals surface area contributed by atoms with E-state index in [9.17, 15) is 4.79 Å². The molecule has 0 aliphatic carbocycles. The molecule has 2 aromatic heterocycles. The van der Waals surface area contributed by atoms with Gasteiger partial charge in [-0.2, -0.15) is 0 Å². The van der Waals surface area contributed by atoms with Gasteiger partial charge in [-0.15, -0.1) is 11.3 Å². The maximum absolute atomic E-state index is 12.9. The van der Waals surface area contributed by atoms with Gasteiger partial charge in [0.25, 0.3) is 5.91 Å². The highest BCUT2D eigenvalue weighted by atomic mass is 35.5. The van der Waals surface area contributed by atoms with Crippen molar-refractivity contribution in [2.45, 2.75) is 45.9 Å². The molecule has 0 saturated carbocycles. The van der Waals surface area contributed by atoms with Gasteiger partial charge in [-0.25, -0.2) is 4.98 Å². The highest BCUT2D eigenvalue weighted by Gasteiger charge is 2.20. The lowest BCUT2D eigenvalue weighted by Crippen LogP contribution is -2.26. The maximum atomic E-state index is 12.9. The fourth-order valence-corrected chi connectivity index (χ4v) is 4.90. The van der Waals surface area contributed by atoms with E-state index in [1.54, 1.807) is 4.90 Å². The number of carbonyl (C=O) groups is 1. The second-order valence-corrected chi connectivity index (χ2v) is 9.07. The highest BCUT2D eigenvalue weighted by molar-refractivity contribution is 7.22. The first-order chi connectivity index (χ1) is 13.4. The number of nitrogens with zero attached hydrogens (tertiary/aromatic N) is 3. The molecule has 3 aromatic rings. The number of hydrogen-bond donors (Lipinski definition) is 0. The summed E-state index contributed by atoms with van der Waals surface area (Å²) in [6, 6.07) is 7.75. The van der Waals surface area contributed by atoms with E-state index in [2.05, 4.69) is 29.5 Å². The molecule has 7 heteroatoms. The predicted molar refractivity (Wildman–Crippen MR) is 113 cm³/mol. The topological polar surface area (TPSA) is 47.4 Å². The number of halogens is 1. The lowest BCUT2D eigenvalue weighted by atomic mass is 10.1. The van der Waals surface area contributed by atoms with Gasteiger partial charge >= 0.3 is 0 Å². The van der Waals surface area contributed by atoms with Gasteiger partial charge in [0.1, 0.15) is 0 Å². The van der Waals surface area contributed by atoms with E-state index in [4.69, 9.17) is 16.3 Å². The average molecular weight is 418 g/mol. The third kappa shape index (κ3) is 3.81. The Kier molecular flexibility index (Phi) is 5.45. The minimum Gasteiger partial charge on any atom is -0.376 e. The number of rotatable bonds is 5. The van der Waals surface area contributed by atoms with Gasteiger partial charge in [-0.05, 0) is 56.5 Å². The molecule has 1 atom stereocenters. The number of benzene rings is 1. The maximum Gasteiger partial charge on any atom is 0.253 e. The van der Waals surface area contributed by atoms with Gasteiger partial charge in [-0.1, -0.05) is 11.6 Å². The third-order valence-electron chi connectivity index (χ3n) is 5.45. The van der Waals surface area contributed by atoms with E-state index in [0.29, 0.717) is 22.7 Å². The third-order valence-corrected chi connectivity index (χ3v) is 6.59. The molecule has 0 unspecified atom stereocenters. The highest BCUT2D eigenvalue weighted by Crippen LogP contribution is 2.27. The van der Waals surface area contributed by atoms with Crippen molar-refractivity contribution < 1.29 is 9.53 Å². The van der Waals surface area contributed by atoms with Crippen LogP contribution in [0, 0.1) is 13.8 Å². The fourth-order valence-electron chi connectivity index (χ4n) is 3.89. The van der Waals surface area contributed by atoms with Crippen LogP contribution in [-0.2, 0) is 17.8 Å². The lowest BCUT2D eigenvalue weighted by molar-refractivity contribution is 0.0784. The molecule has 1 aliphatic rings. The molecule has 1 aliphatic heterocycles. The van der Waals surface area contributed by atoms with Gasteiger partial charge in [0.15, 0.2) is 4.47 Å². The second-order valence-electron chi connectivity index (χ2n) is 7.45. The molecule has 148 valence electrons. The Balaban J connectivity index is 1.50. The van der Waals surface area contributed by atoms with Crippen LogP contribution in [0.1, 0.15) is 40.2 Å². The van der Waals surface area contributed by atoms with Crippen molar-refractivity contribution in [1.82, 2.24) is 14.5 Å². The Morgan fingerprint density at radius 2 is 2.21 bits per heavy atom. The molecule has 0 spiro atoms. The van der Waals surface area contributed by atoms with Crippen molar-refractivity contribution in [3.05, 3.63) is 51.2 Å². The summed E-state index contributed by atoms with van der Waals surface area (Å²) in [5, 5.41) is 0. The van der Waals surface area contributed by atoms with Crippen LogP contribution < -0.4 is 0 Å². The first-order valence-electron chi connectivity index (χ1n) is 9.51. The molecule has 3 heterocycles. The summed E-state index contributed by atoms with van der Waals surface area (Å²) in [6.07, 6.45) is 2.56. The van der Waals surface area contributed by atoms with E-state index in [0.717, 1.165) is 36.2 Å². The number of hydrogen-bond acceptors (Lipinski definition) is 4. The lowest BCUT2D eigenvalue weighted by Gasteiger charge is -2.18. The van der Waals surface area contributed by atoms with E-state index < -0.39 is 0 Å². The number of thiazole rings is 1. The largest absolute Gasteiger partial charge is 0.376 e. The van der Waals surface area contributed by atoms with Crippen LogP contribution in [0.4, 0.5) is 0 Å². The molecular weight excluding hydrogens is 394 g/mol. The molecule has 0 N–H and O–H groups in total. The number of amides is 1. The van der Waals surface area contributed by atoms with Crippen LogP contribution in [0.3, 0.4) is 0 Å². The Labute approximate surface area is 173 Å². The summed E-state index contributed by atoms with van der Waals surface area (Å²) in [5.74, 6) is -0.0186. The second kappa shape index (κ2) is 7.85. The molecule has 1 aromatic carbocycles. The van der Waals surface area contributed by atoms with Gasteiger partial charge < -0.3 is 14.2 Å². The smallest absolute Gasteiger partial charge is 0.253 e. The Hall–Kier alpha value is -1.89.